The Hall–Kier alpha value is 0.0662. The predicted molar refractivity (Wildman–Crippen MR) is 77.0 cm³/mol. The molecule has 0 atom stereocenters. The summed E-state index contributed by atoms with van der Waals surface area (Å²) in [5.41, 5.74) is 1.78. The van der Waals surface area contributed by atoms with Crippen LogP contribution < -0.4 is 26.5 Å². The number of rotatable bonds is 1. The van der Waals surface area contributed by atoms with Gasteiger partial charge in [0.2, 0.25) is 6.79 Å². The average molecular weight is 360 g/mol. The van der Waals surface area contributed by atoms with Crippen molar-refractivity contribution in [2.24, 2.45) is 17.8 Å². The van der Waals surface area contributed by atoms with E-state index in [1.54, 1.807) is 0 Å². The second-order valence-corrected chi connectivity index (χ2v) is 7.17. The Balaban J connectivity index is 0.000000661. The summed E-state index contributed by atoms with van der Waals surface area (Å²) < 4.78 is 11.3. The molecule has 0 saturated heterocycles. The Bertz CT molecular complexity index is 510. The Kier molecular flexibility index (Phi) is 4.26. The number of hydrogen-bond acceptors (Lipinski definition) is 2. The fraction of sp³-hybridized carbons (Fsp3) is 0.647. The molecule has 4 aliphatic carbocycles. The first kappa shape index (κ1) is 15.9. The molecule has 1 aliphatic heterocycles. The van der Waals surface area contributed by atoms with Crippen LogP contribution in [0.2, 0.25) is 0 Å². The normalized spacial score (nSPS) is 37.8. The smallest absolute Gasteiger partial charge is 1.00 e. The van der Waals surface area contributed by atoms with Crippen LogP contribution in [0, 0.1) is 23.8 Å². The van der Waals surface area contributed by atoms with E-state index in [4.69, 9.17) is 9.47 Å². The molecule has 0 unspecified atom stereocenters. The summed E-state index contributed by atoms with van der Waals surface area (Å²) in [6.45, 7) is 0.382. The van der Waals surface area contributed by atoms with E-state index >= 15 is 0 Å². The molecule has 5 aliphatic rings. The summed E-state index contributed by atoms with van der Waals surface area (Å²) in [6, 6.07) is 7.39. The second-order valence-electron chi connectivity index (χ2n) is 7.17. The maximum Gasteiger partial charge on any atom is 2.00 e. The van der Waals surface area contributed by atoms with E-state index in [9.17, 15) is 0 Å². The second kappa shape index (κ2) is 5.61. The quantitative estimate of drug-likeness (QED) is 0.531. The minimum Gasteiger partial charge on any atom is -1.00 e. The fourth-order valence-electron chi connectivity index (χ4n) is 5.71. The van der Waals surface area contributed by atoms with Gasteiger partial charge in [-0.3, -0.25) is 0 Å². The van der Waals surface area contributed by atoms with E-state index < -0.39 is 0 Å². The van der Waals surface area contributed by atoms with E-state index in [0.717, 1.165) is 29.3 Å². The van der Waals surface area contributed by atoms with E-state index in [1.807, 2.05) is 6.07 Å². The van der Waals surface area contributed by atoms with Gasteiger partial charge in [0.25, 0.3) is 0 Å². The van der Waals surface area contributed by atoms with Crippen LogP contribution in [-0.4, -0.2) is 29.8 Å². The van der Waals surface area contributed by atoms with Gasteiger partial charge in [0, 0.05) is 0 Å². The molecule has 0 aromatic heterocycles. The van der Waals surface area contributed by atoms with E-state index in [2.05, 4.69) is 12.1 Å². The maximum absolute atomic E-state index is 5.78. The molecular formula is C17H19BrMgO2. The molecule has 0 radical (unpaired) electrons. The predicted octanol–water partition coefficient (Wildman–Crippen LogP) is 0.306. The molecular weight excluding hydrogens is 340 g/mol. The number of halogens is 1. The third-order valence-corrected chi connectivity index (χ3v) is 5.94. The van der Waals surface area contributed by atoms with Crippen LogP contribution in [0.3, 0.4) is 0 Å². The molecule has 0 spiro atoms. The minimum atomic E-state index is 0. The molecule has 1 heterocycles. The molecule has 108 valence electrons. The number of benzene rings is 1. The van der Waals surface area contributed by atoms with Crippen molar-refractivity contribution in [2.45, 2.75) is 43.9 Å². The summed E-state index contributed by atoms with van der Waals surface area (Å²) in [7, 11) is 0. The van der Waals surface area contributed by atoms with E-state index in [1.165, 1.54) is 44.1 Å². The van der Waals surface area contributed by atoms with Crippen molar-refractivity contribution in [1.29, 1.82) is 0 Å². The first-order chi connectivity index (χ1) is 9.32. The molecule has 0 amide bonds. The number of ether oxygens (including phenoxy) is 2. The topological polar surface area (TPSA) is 18.5 Å². The van der Waals surface area contributed by atoms with Gasteiger partial charge >= 0.3 is 23.1 Å². The summed E-state index contributed by atoms with van der Waals surface area (Å²) in [5.74, 6) is 4.83. The summed E-state index contributed by atoms with van der Waals surface area (Å²) >= 11 is 0. The number of hydrogen-bond donors (Lipinski definition) is 0. The van der Waals surface area contributed by atoms with Gasteiger partial charge in [0.15, 0.2) is 0 Å². The van der Waals surface area contributed by atoms with Crippen LogP contribution in [-0.2, 0) is 5.41 Å². The van der Waals surface area contributed by atoms with Crippen molar-refractivity contribution in [3.8, 4) is 11.5 Å². The van der Waals surface area contributed by atoms with Gasteiger partial charge in [0.05, 0.1) is 11.5 Å². The summed E-state index contributed by atoms with van der Waals surface area (Å²) in [4.78, 5) is 0. The van der Waals surface area contributed by atoms with Crippen molar-refractivity contribution < 1.29 is 26.5 Å². The molecule has 21 heavy (non-hydrogen) atoms. The molecule has 1 aromatic carbocycles. The Morgan fingerprint density at radius 3 is 2.19 bits per heavy atom. The van der Waals surface area contributed by atoms with E-state index in [-0.39, 0.29) is 40.0 Å². The molecule has 0 N–H and O–H groups in total. The monoisotopic (exact) mass is 358 g/mol. The Morgan fingerprint density at radius 2 is 1.57 bits per heavy atom. The van der Waals surface area contributed by atoms with Gasteiger partial charge in [-0.2, -0.15) is 12.1 Å². The summed E-state index contributed by atoms with van der Waals surface area (Å²) in [5, 5.41) is 0. The van der Waals surface area contributed by atoms with Crippen molar-refractivity contribution >= 4 is 23.1 Å². The molecule has 4 fully saturated rings. The average Bonchev–Trinajstić information content (AvgIpc) is 2.84. The van der Waals surface area contributed by atoms with Gasteiger partial charge in [-0.1, -0.05) is 19.3 Å². The SMILES string of the molecule is [Br-].[Mg+2].[c-]1cc2c(c(C34CC5CC(CC(C5)C3)C4)c1)OCO2. The van der Waals surface area contributed by atoms with Crippen LogP contribution >= 0.6 is 0 Å². The first-order valence-corrected chi connectivity index (χ1v) is 7.63. The van der Waals surface area contributed by atoms with Crippen LogP contribution in [0.15, 0.2) is 12.1 Å². The minimum absolute atomic E-state index is 0. The van der Waals surface area contributed by atoms with Crippen LogP contribution in [0.1, 0.15) is 44.1 Å². The standard InChI is InChI=1S/C17H19O2.BrH.Mg/c1-2-14(16-15(3-1)18-10-19-16)17-7-11-4-12(8-17)6-13(5-11)9-17;;/h2-3,11-13H,4-10H2;1H;/q-1;;+2/p-1. The van der Waals surface area contributed by atoms with E-state index in [0.29, 0.717) is 12.2 Å². The van der Waals surface area contributed by atoms with Gasteiger partial charge in [-0.15, -0.1) is 11.6 Å². The summed E-state index contributed by atoms with van der Waals surface area (Å²) in [6.07, 6.45) is 8.55. The van der Waals surface area contributed by atoms with Crippen LogP contribution in [0.4, 0.5) is 0 Å². The fourth-order valence-corrected chi connectivity index (χ4v) is 5.71. The zero-order valence-electron chi connectivity index (χ0n) is 12.2. The Labute approximate surface area is 152 Å². The third kappa shape index (κ3) is 2.33. The molecule has 4 bridgehead atoms. The largest absolute Gasteiger partial charge is 2.00 e. The number of fused-ring (bicyclic) bond motifs is 1. The first-order valence-electron chi connectivity index (χ1n) is 7.63. The van der Waals surface area contributed by atoms with Crippen molar-refractivity contribution in [3.05, 3.63) is 23.8 Å². The zero-order valence-corrected chi connectivity index (χ0v) is 15.2. The van der Waals surface area contributed by atoms with Gasteiger partial charge in [0.1, 0.15) is 0 Å². The van der Waals surface area contributed by atoms with Crippen molar-refractivity contribution in [3.63, 3.8) is 0 Å². The maximum atomic E-state index is 5.78. The van der Waals surface area contributed by atoms with Crippen molar-refractivity contribution in [1.82, 2.24) is 0 Å². The molecule has 4 saturated carbocycles. The molecule has 1 aromatic rings. The third-order valence-electron chi connectivity index (χ3n) is 5.94. The molecule has 4 heteroatoms. The van der Waals surface area contributed by atoms with Gasteiger partial charge in [-0.05, 0) is 42.4 Å². The molecule has 6 rings (SSSR count). The van der Waals surface area contributed by atoms with Crippen molar-refractivity contribution in [2.75, 3.05) is 6.79 Å². The van der Waals surface area contributed by atoms with Crippen LogP contribution in [0.25, 0.3) is 0 Å². The molecule has 2 nitrogen and oxygen atoms in total. The van der Waals surface area contributed by atoms with Crippen LogP contribution in [0.5, 0.6) is 11.5 Å². The van der Waals surface area contributed by atoms with Gasteiger partial charge in [-0.25, -0.2) is 0 Å². The Morgan fingerprint density at radius 1 is 0.952 bits per heavy atom. The van der Waals surface area contributed by atoms with Gasteiger partial charge < -0.3 is 26.5 Å². The zero-order chi connectivity index (χ0) is 12.4.